The fourth-order valence-electron chi connectivity index (χ4n) is 9.44. The molecule has 7 rings (SSSR count). The highest BCUT2D eigenvalue weighted by molar-refractivity contribution is 6.25. The van der Waals surface area contributed by atoms with Crippen molar-refractivity contribution in [1.29, 1.82) is 0 Å². The number of rotatable bonds is 18. The number of fused-ring (bicyclic) bond motifs is 3. The second-order valence-electron chi connectivity index (χ2n) is 18.0. The number of carbonyl (C=O) groups is 2. The molecule has 336 valence electrons. The average molecular weight is 885 g/mol. The summed E-state index contributed by atoms with van der Waals surface area (Å²) in [5.74, 6) is -12.8. The van der Waals surface area contributed by atoms with E-state index in [1.54, 1.807) is 6.07 Å². The van der Waals surface area contributed by atoms with Crippen LogP contribution in [0.15, 0.2) is 110 Å². The van der Waals surface area contributed by atoms with E-state index in [1.807, 2.05) is 12.1 Å². The molecule has 0 bridgehead atoms. The first-order valence-corrected chi connectivity index (χ1v) is 21.6. The van der Waals surface area contributed by atoms with E-state index in [-0.39, 0.29) is 24.2 Å². The summed E-state index contributed by atoms with van der Waals surface area (Å²) in [6.45, 7) is 13.7. The summed E-state index contributed by atoms with van der Waals surface area (Å²) in [5.41, 5.74) is 4.75. The summed E-state index contributed by atoms with van der Waals surface area (Å²) in [4.78, 5) is 23.4. The lowest BCUT2D eigenvalue weighted by Crippen LogP contribution is -2.53. The molecular formula is C53H51F7O4. The van der Waals surface area contributed by atoms with E-state index in [0.717, 1.165) is 66.7 Å². The predicted octanol–water partition coefficient (Wildman–Crippen LogP) is 14.8. The van der Waals surface area contributed by atoms with Gasteiger partial charge in [0.1, 0.15) is 0 Å². The molecule has 6 aromatic carbocycles. The summed E-state index contributed by atoms with van der Waals surface area (Å²) in [6.07, 6.45) is -1.80. The van der Waals surface area contributed by atoms with E-state index < -0.39 is 41.8 Å². The number of carbonyl (C=O) groups excluding carboxylic acids is 2. The Bertz CT molecular complexity index is 2670. The van der Waals surface area contributed by atoms with Crippen molar-refractivity contribution >= 4 is 44.3 Å². The maximum Gasteiger partial charge on any atom is 0.459 e. The molecule has 0 radical (unpaired) electrons. The number of benzene rings is 6. The fourth-order valence-corrected chi connectivity index (χ4v) is 9.44. The molecule has 11 heteroatoms. The largest absolute Gasteiger partial charge is 0.463 e. The van der Waals surface area contributed by atoms with Crippen LogP contribution in [0.1, 0.15) is 94.4 Å². The first kappa shape index (κ1) is 46.3. The van der Waals surface area contributed by atoms with Gasteiger partial charge in [0.25, 0.3) is 0 Å². The molecule has 0 fully saturated rings. The van der Waals surface area contributed by atoms with Gasteiger partial charge in [-0.25, -0.2) is 9.59 Å². The minimum atomic E-state index is -6.45. The topological polar surface area (TPSA) is 52.6 Å². The number of esters is 2. The Hall–Kier alpha value is -5.71. The Labute approximate surface area is 368 Å². The molecule has 6 aromatic rings. The van der Waals surface area contributed by atoms with Gasteiger partial charge in [0.05, 0.1) is 13.2 Å². The van der Waals surface area contributed by atoms with E-state index in [9.17, 15) is 31.5 Å². The Morgan fingerprint density at radius 1 is 0.594 bits per heavy atom. The minimum Gasteiger partial charge on any atom is -0.463 e. The van der Waals surface area contributed by atoms with Crippen molar-refractivity contribution in [3.63, 3.8) is 0 Å². The lowest BCUT2D eigenvalue weighted by Gasteiger charge is -2.34. The van der Waals surface area contributed by atoms with Gasteiger partial charge in [-0.2, -0.15) is 30.7 Å². The minimum absolute atomic E-state index is 0.0590. The third-order valence-corrected chi connectivity index (χ3v) is 12.8. The molecule has 0 unspecified atom stereocenters. The van der Waals surface area contributed by atoms with E-state index >= 15 is 8.78 Å². The normalized spacial score (nSPS) is 13.9. The number of hydrogen-bond donors (Lipinski definition) is 0. The molecule has 0 atom stereocenters. The highest BCUT2D eigenvalue weighted by atomic mass is 19.4. The third-order valence-electron chi connectivity index (χ3n) is 12.8. The maximum absolute atomic E-state index is 15.0. The van der Waals surface area contributed by atoms with Crippen LogP contribution in [0.25, 0.3) is 54.6 Å². The van der Waals surface area contributed by atoms with Gasteiger partial charge in [0, 0.05) is 24.0 Å². The van der Waals surface area contributed by atoms with E-state index in [0.29, 0.717) is 62.5 Å². The number of unbranched alkanes of at least 4 members (excludes halogenated alkanes) is 4. The smallest absolute Gasteiger partial charge is 0.459 e. The lowest BCUT2D eigenvalue weighted by atomic mass is 9.70. The number of ether oxygens (including phenoxy) is 2. The van der Waals surface area contributed by atoms with Crippen LogP contribution in [0.4, 0.5) is 30.7 Å². The predicted molar refractivity (Wildman–Crippen MR) is 239 cm³/mol. The zero-order valence-corrected chi connectivity index (χ0v) is 36.2. The Balaban J connectivity index is 1.35. The molecular weight excluding hydrogens is 834 g/mol. The highest BCUT2D eigenvalue weighted by Crippen LogP contribution is 2.56. The second kappa shape index (κ2) is 17.7. The summed E-state index contributed by atoms with van der Waals surface area (Å²) in [7, 11) is 0. The highest BCUT2D eigenvalue weighted by Gasteiger charge is 2.72. The Morgan fingerprint density at radius 2 is 1.11 bits per heavy atom. The van der Waals surface area contributed by atoms with E-state index in [1.165, 1.54) is 17.7 Å². The molecule has 0 saturated carbocycles. The quantitative estimate of drug-likeness (QED) is 0.0284. The monoisotopic (exact) mass is 884 g/mol. The van der Waals surface area contributed by atoms with Gasteiger partial charge in [-0.3, -0.25) is 0 Å². The summed E-state index contributed by atoms with van der Waals surface area (Å²) in [6, 6.07) is 27.5. The van der Waals surface area contributed by atoms with Crippen molar-refractivity contribution in [3.8, 4) is 22.3 Å². The molecule has 1 aliphatic carbocycles. The summed E-state index contributed by atoms with van der Waals surface area (Å²) >= 11 is 0. The van der Waals surface area contributed by atoms with Gasteiger partial charge in [0.15, 0.2) is 0 Å². The zero-order chi connectivity index (χ0) is 46.2. The van der Waals surface area contributed by atoms with Crippen LogP contribution < -0.4 is 0 Å². The van der Waals surface area contributed by atoms with Crippen molar-refractivity contribution in [2.75, 3.05) is 13.2 Å². The van der Waals surface area contributed by atoms with Crippen molar-refractivity contribution < 1.29 is 49.8 Å². The molecule has 0 spiro atoms. The number of halogens is 7. The van der Waals surface area contributed by atoms with Gasteiger partial charge < -0.3 is 9.47 Å². The van der Waals surface area contributed by atoms with Gasteiger partial charge in [-0.1, -0.05) is 138 Å². The molecule has 0 saturated heterocycles. The standard InChI is InChI=1S/C53H51F7O4/c1-6-45(61)63-26-12-8-10-24-50(25-11-9-13-27-64-46(62)7-2)43-28-33(32-51(54,55)52(56,57)53(58,59)60)14-20-40(43)41-22-18-35(31-44(41)50)39-21-17-34-15-16-36-29-38(49(3,4)5)30-37-19-23-42(39)48(34)47(36)37/h6-7,14-23,28-31H,1-2,8-13,24-27,32H2,3-5H3. The maximum atomic E-state index is 15.0. The van der Waals surface area contributed by atoms with Crippen molar-refractivity contribution in [2.45, 2.75) is 107 Å². The van der Waals surface area contributed by atoms with Crippen LogP contribution >= 0.6 is 0 Å². The van der Waals surface area contributed by atoms with Gasteiger partial charge >= 0.3 is 30.0 Å². The zero-order valence-electron chi connectivity index (χ0n) is 36.2. The molecule has 0 heterocycles. The molecule has 0 aliphatic heterocycles. The number of hydrogen-bond acceptors (Lipinski definition) is 4. The van der Waals surface area contributed by atoms with Gasteiger partial charge in [-0.15, -0.1) is 0 Å². The van der Waals surface area contributed by atoms with Gasteiger partial charge in [0.2, 0.25) is 0 Å². The van der Waals surface area contributed by atoms with E-state index in [2.05, 4.69) is 88.5 Å². The van der Waals surface area contributed by atoms with Crippen LogP contribution in [0.5, 0.6) is 0 Å². The van der Waals surface area contributed by atoms with Crippen molar-refractivity contribution in [2.24, 2.45) is 0 Å². The second-order valence-corrected chi connectivity index (χ2v) is 18.0. The third kappa shape index (κ3) is 8.74. The molecule has 4 nitrogen and oxygen atoms in total. The van der Waals surface area contributed by atoms with Crippen LogP contribution in [-0.2, 0) is 36.3 Å². The van der Waals surface area contributed by atoms with Crippen molar-refractivity contribution in [1.82, 2.24) is 0 Å². The van der Waals surface area contributed by atoms with Crippen LogP contribution in [0.2, 0.25) is 0 Å². The van der Waals surface area contributed by atoms with Crippen LogP contribution in [0, 0.1) is 0 Å². The van der Waals surface area contributed by atoms with E-state index in [4.69, 9.17) is 9.47 Å². The average Bonchev–Trinajstić information content (AvgIpc) is 3.51. The first-order valence-electron chi connectivity index (χ1n) is 21.6. The van der Waals surface area contributed by atoms with Crippen LogP contribution in [0.3, 0.4) is 0 Å². The molecule has 0 amide bonds. The Kier molecular flexibility index (Phi) is 12.8. The molecule has 64 heavy (non-hydrogen) atoms. The Morgan fingerprint density at radius 3 is 1.67 bits per heavy atom. The summed E-state index contributed by atoms with van der Waals surface area (Å²) in [5, 5.41) is 6.67. The SMILES string of the molecule is C=CC(=O)OCCCCCC1(CCCCCOC(=O)C=C)c2cc(CC(F)(F)C(F)(F)C(F)(F)F)ccc2-c2ccc(-c3ccc4ccc5cc(C(C)(C)C)cc6ccc3c4c56)cc21. The van der Waals surface area contributed by atoms with Crippen molar-refractivity contribution in [3.05, 3.63) is 132 Å². The number of alkyl halides is 7. The van der Waals surface area contributed by atoms with Crippen LogP contribution in [-0.4, -0.2) is 43.2 Å². The lowest BCUT2D eigenvalue weighted by molar-refractivity contribution is -0.354. The summed E-state index contributed by atoms with van der Waals surface area (Å²) < 4.78 is 109. The molecule has 0 aromatic heterocycles. The molecule has 1 aliphatic rings. The van der Waals surface area contributed by atoms with Gasteiger partial charge in [-0.05, 0) is 114 Å². The fraction of sp³-hybridized carbons (Fsp3) is 0.358. The molecule has 0 N–H and O–H groups in total. The first-order chi connectivity index (χ1) is 30.2.